The fraction of sp³-hybridized carbons (Fsp3) is 0.100. The maximum Gasteiger partial charge on any atom is 0.336 e. The average Bonchev–Trinajstić information content (AvgIpc) is 2.76. The number of nitrogens with one attached hydrogen (secondary N) is 1. The molecule has 0 radical (unpaired) electrons. The number of rotatable bonds is 4. The first kappa shape index (κ1) is 10.6. The first-order valence-electron chi connectivity index (χ1n) is 4.55. The molecule has 0 amide bonds. The van der Waals surface area contributed by atoms with Crippen molar-refractivity contribution in [3.8, 4) is 0 Å². The third-order valence-electron chi connectivity index (χ3n) is 1.93. The number of carboxylic acid groups (broad SMARTS) is 1. The summed E-state index contributed by atoms with van der Waals surface area (Å²) in [5, 5.41) is 13.5. The maximum absolute atomic E-state index is 10.7. The summed E-state index contributed by atoms with van der Waals surface area (Å²) in [6.07, 6.45) is 4.79. The highest BCUT2D eigenvalue weighted by Crippen LogP contribution is 2.16. The largest absolute Gasteiger partial charge is 0.478 e. The minimum absolute atomic E-state index is 0.325. The van der Waals surface area contributed by atoms with Gasteiger partial charge in [-0.1, -0.05) is 0 Å². The lowest BCUT2D eigenvalue weighted by Gasteiger charge is -2.01. The van der Waals surface area contributed by atoms with Crippen LogP contribution < -0.4 is 5.32 Å². The summed E-state index contributed by atoms with van der Waals surface area (Å²) < 4.78 is 0. The Morgan fingerprint density at radius 2 is 2.19 bits per heavy atom. The van der Waals surface area contributed by atoms with Gasteiger partial charge in [-0.25, -0.2) is 14.8 Å². The smallest absolute Gasteiger partial charge is 0.336 e. The molecule has 0 bridgehead atoms. The molecule has 0 atom stereocenters. The molecule has 2 aromatic heterocycles. The van der Waals surface area contributed by atoms with E-state index in [4.69, 9.17) is 5.11 Å². The minimum atomic E-state index is -0.898. The first-order chi connectivity index (χ1) is 7.75. The molecule has 0 saturated heterocycles. The Morgan fingerprint density at radius 3 is 2.81 bits per heavy atom. The Balaban J connectivity index is 1.97. The van der Waals surface area contributed by atoms with E-state index in [-0.39, 0.29) is 0 Å². The van der Waals surface area contributed by atoms with E-state index in [9.17, 15) is 4.79 Å². The molecule has 5 nitrogen and oxygen atoms in total. The van der Waals surface area contributed by atoms with Crippen LogP contribution in [0.2, 0.25) is 0 Å². The lowest BCUT2D eigenvalue weighted by molar-refractivity contribution is 0.0697. The zero-order chi connectivity index (χ0) is 11.4. The lowest BCUT2D eigenvalue weighted by Crippen LogP contribution is -1.98. The van der Waals surface area contributed by atoms with Crippen LogP contribution in [0.5, 0.6) is 0 Å². The van der Waals surface area contributed by atoms with Gasteiger partial charge in [-0.3, -0.25) is 0 Å². The SMILES string of the molecule is O=C(O)c1csc(CNc2cncnc2)c1. The molecule has 2 heterocycles. The molecule has 82 valence electrons. The minimum Gasteiger partial charge on any atom is -0.478 e. The van der Waals surface area contributed by atoms with Gasteiger partial charge in [0.15, 0.2) is 0 Å². The second-order valence-electron chi connectivity index (χ2n) is 3.09. The van der Waals surface area contributed by atoms with E-state index in [2.05, 4.69) is 15.3 Å². The van der Waals surface area contributed by atoms with Crippen LogP contribution in [-0.4, -0.2) is 21.0 Å². The van der Waals surface area contributed by atoms with E-state index in [1.54, 1.807) is 23.8 Å². The van der Waals surface area contributed by atoms with Crippen molar-refractivity contribution in [3.63, 3.8) is 0 Å². The van der Waals surface area contributed by atoms with Crippen LogP contribution in [0.15, 0.2) is 30.2 Å². The summed E-state index contributed by atoms with van der Waals surface area (Å²) >= 11 is 1.41. The number of hydrogen-bond donors (Lipinski definition) is 2. The van der Waals surface area contributed by atoms with Gasteiger partial charge in [-0.2, -0.15) is 0 Å². The van der Waals surface area contributed by atoms with Crippen LogP contribution in [0.25, 0.3) is 0 Å². The van der Waals surface area contributed by atoms with Gasteiger partial charge in [0.2, 0.25) is 0 Å². The number of carboxylic acids is 1. The highest BCUT2D eigenvalue weighted by Gasteiger charge is 2.05. The molecule has 0 aliphatic heterocycles. The fourth-order valence-corrected chi connectivity index (χ4v) is 1.96. The maximum atomic E-state index is 10.7. The zero-order valence-corrected chi connectivity index (χ0v) is 9.07. The highest BCUT2D eigenvalue weighted by molar-refractivity contribution is 7.10. The van der Waals surface area contributed by atoms with E-state index < -0.39 is 5.97 Å². The highest BCUT2D eigenvalue weighted by atomic mass is 32.1. The van der Waals surface area contributed by atoms with Gasteiger partial charge < -0.3 is 10.4 Å². The Kier molecular flexibility index (Phi) is 3.11. The van der Waals surface area contributed by atoms with Crippen molar-refractivity contribution in [3.05, 3.63) is 40.6 Å². The molecule has 2 N–H and O–H groups in total. The lowest BCUT2D eigenvalue weighted by atomic mass is 10.3. The van der Waals surface area contributed by atoms with Crippen molar-refractivity contribution >= 4 is 23.0 Å². The van der Waals surface area contributed by atoms with Gasteiger partial charge >= 0.3 is 5.97 Å². The topological polar surface area (TPSA) is 75.1 Å². The number of aromatic carboxylic acids is 1. The molecule has 0 unspecified atom stereocenters. The Labute approximate surface area is 95.8 Å². The summed E-state index contributed by atoms with van der Waals surface area (Å²) in [5.74, 6) is -0.898. The molecule has 0 aliphatic carbocycles. The molecular formula is C10H9N3O2S. The van der Waals surface area contributed by atoms with Gasteiger partial charge in [0.25, 0.3) is 0 Å². The third-order valence-corrected chi connectivity index (χ3v) is 2.86. The van der Waals surface area contributed by atoms with Gasteiger partial charge in [-0.05, 0) is 6.07 Å². The predicted octanol–water partition coefficient (Wildman–Crippen LogP) is 1.85. The molecule has 16 heavy (non-hydrogen) atoms. The van der Waals surface area contributed by atoms with E-state index >= 15 is 0 Å². The molecule has 2 aromatic rings. The second-order valence-corrected chi connectivity index (χ2v) is 4.08. The monoisotopic (exact) mass is 235 g/mol. The Morgan fingerprint density at radius 1 is 1.44 bits per heavy atom. The third kappa shape index (κ3) is 2.54. The predicted molar refractivity (Wildman–Crippen MR) is 60.6 cm³/mol. The van der Waals surface area contributed by atoms with E-state index in [1.807, 2.05) is 0 Å². The molecular weight excluding hydrogens is 226 g/mol. The van der Waals surface area contributed by atoms with Crippen LogP contribution in [0.3, 0.4) is 0 Å². The molecule has 2 rings (SSSR count). The van der Waals surface area contributed by atoms with Crippen LogP contribution in [0.4, 0.5) is 5.69 Å². The van der Waals surface area contributed by atoms with Gasteiger partial charge in [0.1, 0.15) is 6.33 Å². The molecule has 0 aliphatic rings. The summed E-state index contributed by atoms with van der Waals surface area (Å²) in [6, 6.07) is 1.66. The van der Waals surface area contributed by atoms with Crippen molar-refractivity contribution in [2.75, 3.05) is 5.32 Å². The van der Waals surface area contributed by atoms with Gasteiger partial charge in [0.05, 0.1) is 23.6 Å². The fourth-order valence-electron chi connectivity index (χ4n) is 1.17. The Bertz CT molecular complexity index is 484. The number of nitrogens with zero attached hydrogens (tertiary/aromatic N) is 2. The second kappa shape index (κ2) is 4.71. The molecule has 0 aromatic carbocycles. The van der Waals surface area contributed by atoms with Crippen molar-refractivity contribution < 1.29 is 9.90 Å². The number of carbonyl (C=O) groups is 1. The zero-order valence-electron chi connectivity index (χ0n) is 8.25. The van der Waals surface area contributed by atoms with Crippen molar-refractivity contribution in [1.82, 2.24) is 9.97 Å². The normalized spacial score (nSPS) is 10.0. The summed E-state index contributed by atoms with van der Waals surface area (Å²) in [5.41, 5.74) is 1.14. The van der Waals surface area contributed by atoms with Crippen LogP contribution in [-0.2, 0) is 6.54 Å². The number of anilines is 1. The summed E-state index contributed by atoms with van der Waals surface area (Å²) in [7, 11) is 0. The first-order valence-corrected chi connectivity index (χ1v) is 5.43. The molecule has 6 heteroatoms. The van der Waals surface area contributed by atoms with Crippen LogP contribution in [0, 0.1) is 0 Å². The number of hydrogen-bond acceptors (Lipinski definition) is 5. The quantitative estimate of drug-likeness (QED) is 0.845. The van der Waals surface area contributed by atoms with Crippen LogP contribution >= 0.6 is 11.3 Å². The standard InChI is InChI=1S/C10H9N3O2S/c14-10(15)7-1-9(16-5-7)4-13-8-2-11-6-12-3-8/h1-3,5-6,13H,4H2,(H,14,15). The van der Waals surface area contributed by atoms with Crippen molar-refractivity contribution in [1.29, 1.82) is 0 Å². The average molecular weight is 235 g/mol. The molecule has 0 spiro atoms. The number of thiophene rings is 1. The summed E-state index contributed by atoms with van der Waals surface area (Å²) in [6.45, 7) is 0.575. The molecule has 0 saturated carbocycles. The van der Waals surface area contributed by atoms with Crippen molar-refractivity contribution in [2.45, 2.75) is 6.54 Å². The van der Waals surface area contributed by atoms with E-state index in [1.165, 1.54) is 17.7 Å². The van der Waals surface area contributed by atoms with E-state index in [0.29, 0.717) is 12.1 Å². The van der Waals surface area contributed by atoms with E-state index in [0.717, 1.165) is 10.6 Å². The Hall–Kier alpha value is -1.95. The molecule has 0 fully saturated rings. The van der Waals surface area contributed by atoms with Crippen LogP contribution in [0.1, 0.15) is 15.2 Å². The van der Waals surface area contributed by atoms with Gasteiger partial charge in [-0.15, -0.1) is 11.3 Å². The summed E-state index contributed by atoms with van der Waals surface area (Å²) in [4.78, 5) is 19.3. The van der Waals surface area contributed by atoms with Gasteiger partial charge in [0, 0.05) is 16.8 Å². The van der Waals surface area contributed by atoms with Crippen molar-refractivity contribution in [2.24, 2.45) is 0 Å². The number of aromatic nitrogens is 2.